The molecule has 14 heavy (non-hydrogen) atoms. The second kappa shape index (κ2) is 9.77. The van der Waals surface area contributed by atoms with Crippen molar-refractivity contribution in [3.05, 3.63) is 0 Å². The summed E-state index contributed by atoms with van der Waals surface area (Å²) in [5.74, 6) is 1.23. The predicted octanol–water partition coefficient (Wildman–Crippen LogP) is 1.04. The van der Waals surface area contributed by atoms with Crippen molar-refractivity contribution in [2.75, 3.05) is 45.4 Å². The highest BCUT2D eigenvalue weighted by Gasteiger charge is 2.07. The number of ether oxygens (including phenoxy) is 1. The molecule has 0 aliphatic rings. The summed E-state index contributed by atoms with van der Waals surface area (Å²) in [6.07, 6.45) is 3.39. The van der Waals surface area contributed by atoms with Crippen molar-refractivity contribution < 1.29 is 4.74 Å². The van der Waals surface area contributed by atoms with E-state index in [0.717, 1.165) is 13.2 Å². The molecule has 1 unspecified atom stereocenters. The largest absolute Gasteiger partial charge is 0.379 e. The van der Waals surface area contributed by atoms with Crippen LogP contribution in [0.2, 0.25) is 0 Å². The lowest BCUT2D eigenvalue weighted by Crippen LogP contribution is -2.32. The van der Waals surface area contributed by atoms with E-state index in [4.69, 9.17) is 10.5 Å². The molecule has 0 bridgehead atoms. The van der Waals surface area contributed by atoms with Crippen LogP contribution in [-0.4, -0.2) is 56.3 Å². The lowest BCUT2D eigenvalue weighted by Gasteiger charge is -2.24. The van der Waals surface area contributed by atoms with Crippen molar-refractivity contribution in [1.82, 2.24) is 4.90 Å². The Hall–Kier alpha value is 0.230. The summed E-state index contributed by atoms with van der Waals surface area (Å²) in [7, 11) is 2.15. The van der Waals surface area contributed by atoms with Crippen molar-refractivity contribution >= 4 is 11.8 Å². The molecule has 0 fully saturated rings. The summed E-state index contributed by atoms with van der Waals surface area (Å²) >= 11 is 1.90. The average molecular weight is 220 g/mol. The van der Waals surface area contributed by atoms with Gasteiger partial charge in [0.1, 0.15) is 0 Å². The zero-order valence-electron chi connectivity index (χ0n) is 9.66. The van der Waals surface area contributed by atoms with E-state index in [-0.39, 0.29) is 0 Å². The molecule has 0 aromatic carbocycles. The van der Waals surface area contributed by atoms with Crippen LogP contribution in [0.3, 0.4) is 0 Å². The molecule has 0 amide bonds. The maximum Gasteiger partial charge on any atom is 0.0594 e. The molecule has 0 aliphatic carbocycles. The van der Waals surface area contributed by atoms with Gasteiger partial charge in [0.15, 0.2) is 0 Å². The van der Waals surface area contributed by atoms with E-state index in [1.54, 1.807) is 0 Å². The number of rotatable bonds is 9. The van der Waals surface area contributed by atoms with Crippen LogP contribution in [-0.2, 0) is 4.74 Å². The van der Waals surface area contributed by atoms with E-state index in [9.17, 15) is 0 Å². The number of hydrogen-bond acceptors (Lipinski definition) is 4. The van der Waals surface area contributed by atoms with Crippen molar-refractivity contribution in [2.45, 2.75) is 19.4 Å². The number of hydrogen-bond donors (Lipinski definition) is 1. The van der Waals surface area contributed by atoms with Gasteiger partial charge in [0.25, 0.3) is 0 Å². The van der Waals surface area contributed by atoms with Gasteiger partial charge in [0.05, 0.1) is 13.2 Å². The Morgan fingerprint density at radius 2 is 2.14 bits per heavy atom. The minimum Gasteiger partial charge on any atom is -0.379 e. The van der Waals surface area contributed by atoms with E-state index in [1.807, 2.05) is 11.8 Å². The fourth-order valence-electron chi connectivity index (χ4n) is 1.12. The number of likely N-dealkylation sites (N-methyl/N-ethyl adjacent to an activating group) is 1. The van der Waals surface area contributed by atoms with E-state index in [0.29, 0.717) is 19.2 Å². The summed E-state index contributed by atoms with van der Waals surface area (Å²) in [5.41, 5.74) is 5.33. The molecule has 86 valence electrons. The number of nitrogens with two attached hydrogens (primary N) is 1. The predicted molar refractivity (Wildman–Crippen MR) is 65.0 cm³/mol. The van der Waals surface area contributed by atoms with Gasteiger partial charge in [0.2, 0.25) is 0 Å². The van der Waals surface area contributed by atoms with E-state index in [1.165, 1.54) is 12.2 Å². The third-order valence-corrected chi connectivity index (χ3v) is 2.99. The zero-order chi connectivity index (χ0) is 10.8. The first-order valence-corrected chi connectivity index (χ1v) is 6.58. The van der Waals surface area contributed by atoms with Crippen LogP contribution in [0.15, 0.2) is 0 Å². The summed E-state index contributed by atoms with van der Waals surface area (Å²) in [6, 6.07) is 0.643. The molecule has 0 spiro atoms. The smallest absolute Gasteiger partial charge is 0.0594 e. The highest BCUT2D eigenvalue weighted by Crippen LogP contribution is 2.05. The molecule has 0 aromatic rings. The van der Waals surface area contributed by atoms with E-state index >= 15 is 0 Å². The van der Waals surface area contributed by atoms with Crippen LogP contribution in [0.1, 0.15) is 13.3 Å². The fraction of sp³-hybridized carbons (Fsp3) is 1.00. The highest BCUT2D eigenvalue weighted by molar-refractivity contribution is 7.98. The number of thioether (sulfide) groups is 1. The third-order valence-electron chi connectivity index (χ3n) is 2.34. The molecule has 0 aliphatic heterocycles. The molecule has 0 saturated carbocycles. The van der Waals surface area contributed by atoms with Crippen molar-refractivity contribution in [1.29, 1.82) is 0 Å². The van der Waals surface area contributed by atoms with Gasteiger partial charge in [-0.05, 0) is 32.4 Å². The molecular weight excluding hydrogens is 196 g/mol. The molecule has 3 nitrogen and oxygen atoms in total. The Kier molecular flexibility index (Phi) is 9.93. The van der Waals surface area contributed by atoms with Gasteiger partial charge in [-0.25, -0.2) is 0 Å². The van der Waals surface area contributed by atoms with Gasteiger partial charge in [-0.1, -0.05) is 0 Å². The first kappa shape index (κ1) is 14.2. The monoisotopic (exact) mass is 220 g/mol. The van der Waals surface area contributed by atoms with Crippen LogP contribution in [0.25, 0.3) is 0 Å². The third kappa shape index (κ3) is 7.62. The average Bonchev–Trinajstić information content (AvgIpc) is 2.20. The quantitative estimate of drug-likeness (QED) is 0.589. The molecule has 0 aromatic heterocycles. The lowest BCUT2D eigenvalue weighted by atomic mass is 10.2. The number of nitrogens with zero attached hydrogens (tertiary/aromatic N) is 1. The van der Waals surface area contributed by atoms with Crippen LogP contribution in [0.5, 0.6) is 0 Å². The standard InChI is InChI=1S/C10H24N2OS/c1-10(4-9-14-3)12(2)6-8-13-7-5-11/h10H,4-9,11H2,1-3H3. The fourth-order valence-corrected chi connectivity index (χ4v) is 1.70. The van der Waals surface area contributed by atoms with E-state index < -0.39 is 0 Å². The van der Waals surface area contributed by atoms with Crippen molar-refractivity contribution in [3.63, 3.8) is 0 Å². The summed E-state index contributed by atoms with van der Waals surface area (Å²) in [4.78, 5) is 2.34. The maximum atomic E-state index is 5.34. The van der Waals surface area contributed by atoms with Gasteiger partial charge < -0.3 is 15.4 Å². The van der Waals surface area contributed by atoms with Crippen LogP contribution < -0.4 is 5.73 Å². The van der Waals surface area contributed by atoms with Crippen molar-refractivity contribution in [2.24, 2.45) is 5.73 Å². The van der Waals surface area contributed by atoms with E-state index in [2.05, 4.69) is 25.1 Å². The Balaban J connectivity index is 3.36. The SMILES string of the molecule is CSCCC(C)N(C)CCOCCN. The highest BCUT2D eigenvalue weighted by atomic mass is 32.2. The molecule has 0 heterocycles. The maximum absolute atomic E-state index is 5.34. The first-order valence-electron chi connectivity index (χ1n) is 5.19. The molecule has 1 atom stereocenters. The Morgan fingerprint density at radius 3 is 2.71 bits per heavy atom. The molecular formula is C10H24N2OS. The molecule has 0 rings (SSSR count). The molecule has 0 radical (unpaired) electrons. The summed E-state index contributed by atoms with van der Waals surface area (Å²) in [6.45, 7) is 5.34. The van der Waals surface area contributed by atoms with Crippen LogP contribution in [0.4, 0.5) is 0 Å². The second-order valence-corrected chi connectivity index (χ2v) is 4.50. The van der Waals surface area contributed by atoms with Crippen LogP contribution in [0, 0.1) is 0 Å². The van der Waals surface area contributed by atoms with Gasteiger partial charge in [-0.15, -0.1) is 0 Å². The molecule has 0 saturated heterocycles. The Labute approximate surface area is 92.4 Å². The summed E-state index contributed by atoms with van der Waals surface area (Å²) in [5, 5.41) is 0. The Bertz CT molecular complexity index is 125. The molecule has 4 heteroatoms. The van der Waals surface area contributed by atoms with Gasteiger partial charge >= 0.3 is 0 Å². The lowest BCUT2D eigenvalue weighted by molar-refractivity contribution is 0.105. The van der Waals surface area contributed by atoms with Gasteiger partial charge in [-0.3, -0.25) is 0 Å². The minimum absolute atomic E-state index is 0.617. The normalized spacial score (nSPS) is 13.5. The second-order valence-electron chi connectivity index (χ2n) is 3.51. The summed E-state index contributed by atoms with van der Waals surface area (Å²) < 4.78 is 5.34. The topological polar surface area (TPSA) is 38.5 Å². The van der Waals surface area contributed by atoms with Gasteiger partial charge in [-0.2, -0.15) is 11.8 Å². The van der Waals surface area contributed by atoms with Crippen LogP contribution >= 0.6 is 11.8 Å². The zero-order valence-corrected chi connectivity index (χ0v) is 10.5. The minimum atomic E-state index is 0.617. The van der Waals surface area contributed by atoms with Crippen molar-refractivity contribution in [3.8, 4) is 0 Å². The van der Waals surface area contributed by atoms with Gasteiger partial charge in [0, 0.05) is 19.1 Å². The first-order chi connectivity index (χ1) is 6.72. The molecule has 2 N–H and O–H groups in total. The Morgan fingerprint density at radius 1 is 1.43 bits per heavy atom.